The van der Waals surface area contributed by atoms with E-state index in [0.717, 1.165) is 12.1 Å². The normalized spacial score (nSPS) is 26.3. The highest BCUT2D eigenvalue weighted by molar-refractivity contribution is 5.89. The van der Waals surface area contributed by atoms with Crippen molar-refractivity contribution in [3.63, 3.8) is 0 Å². The van der Waals surface area contributed by atoms with Crippen molar-refractivity contribution in [2.45, 2.75) is 30.5 Å². The molecule has 1 saturated heterocycles. The van der Waals surface area contributed by atoms with Crippen LogP contribution >= 0.6 is 0 Å². The molecule has 1 aromatic heterocycles. The Hall–Kier alpha value is -3.15. The van der Waals surface area contributed by atoms with Crippen LogP contribution in [0.25, 0.3) is 22.3 Å². The highest BCUT2D eigenvalue weighted by Crippen LogP contribution is 2.43. The molecule has 0 amide bonds. The van der Waals surface area contributed by atoms with Crippen LogP contribution in [0.2, 0.25) is 0 Å². The highest BCUT2D eigenvalue weighted by Gasteiger charge is 2.46. The van der Waals surface area contributed by atoms with E-state index in [0.29, 0.717) is 5.56 Å². The largest absolute Gasteiger partial charge is 0.508 e. The number of aliphatic hydroxyl groups excluding tert-OH is 4. The van der Waals surface area contributed by atoms with Gasteiger partial charge in [0.2, 0.25) is 0 Å². The van der Waals surface area contributed by atoms with Crippen LogP contribution in [-0.2, 0) is 4.74 Å². The Kier molecular flexibility index (Phi) is 5.33. The number of hydrogen-bond acceptors (Lipinski definition) is 10. The van der Waals surface area contributed by atoms with Crippen LogP contribution in [0.4, 0.5) is 0 Å². The van der Waals surface area contributed by atoms with Gasteiger partial charge in [-0.3, -0.25) is 4.79 Å². The molecule has 2 aromatic carbocycles. The molecule has 0 unspecified atom stereocenters. The lowest BCUT2D eigenvalue weighted by atomic mass is 9.89. The maximum absolute atomic E-state index is 12.7. The molecule has 0 radical (unpaired) electrons. The first kappa shape index (κ1) is 21.1. The number of fused-ring (bicyclic) bond motifs is 1. The minimum Gasteiger partial charge on any atom is -0.508 e. The predicted molar refractivity (Wildman–Crippen MR) is 106 cm³/mol. The lowest BCUT2D eigenvalue weighted by Crippen LogP contribution is -2.55. The van der Waals surface area contributed by atoms with E-state index in [-0.39, 0.29) is 28.0 Å². The zero-order chi connectivity index (χ0) is 22.4. The van der Waals surface area contributed by atoms with Crippen molar-refractivity contribution in [1.82, 2.24) is 0 Å². The molecule has 0 saturated carbocycles. The Morgan fingerprint density at radius 1 is 0.871 bits per heavy atom. The molecule has 5 atom stereocenters. The molecular formula is C21H20O10. The van der Waals surface area contributed by atoms with Gasteiger partial charge in [-0.1, -0.05) is 0 Å². The number of benzene rings is 2. The summed E-state index contributed by atoms with van der Waals surface area (Å²) in [5, 5.41) is 70.0. The molecular weight excluding hydrogens is 412 g/mol. The molecule has 1 fully saturated rings. The second-order valence-electron chi connectivity index (χ2n) is 7.30. The van der Waals surface area contributed by atoms with E-state index >= 15 is 0 Å². The summed E-state index contributed by atoms with van der Waals surface area (Å²) in [6, 6.07) is 7.69. The first-order valence-corrected chi connectivity index (χ1v) is 9.35. The maximum atomic E-state index is 12.7. The molecule has 2 heterocycles. The second-order valence-corrected chi connectivity index (χ2v) is 7.30. The number of ether oxygens (including phenoxy) is 1. The summed E-state index contributed by atoms with van der Waals surface area (Å²) in [5.74, 6) is -1.15. The lowest BCUT2D eigenvalue weighted by Gasteiger charge is -2.40. The minimum atomic E-state index is -1.75. The van der Waals surface area contributed by atoms with E-state index < -0.39 is 54.1 Å². The average molecular weight is 432 g/mol. The van der Waals surface area contributed by atoms with Crippen LogP contribution in [0.1, 0.15) is 11.7 Å². The van der Waals surface area contributed by atoms with Gasteiger partial charge in [-0.15, -0.1) is 0 Å². The number of rotatable bonds is 3. The molecule has 164 valence electrons. The van der Waals surface area contributed by atoms with Crippen LogP contribution in [0.3, 0.4) is 0 Å². The SMILES string of the molecule is O=c1cc(-c2ccc(O)cc2)oc2c([C@@H]3O[C@@H](CO)[C@@H](O)[C@H](O)[C@H]3O)c(O)cc(O)c12. The third-order valence-corrected chi connectivity index (χ3v) is 5.33. The van der Waals surface area contributed by atoms with Crippen LogP contribution < -0.4 is 5.43 Å². The maximum Gasteiger partial charge on any atom is 0.197 e. The van der Waals surface area contributed by atoms with E-state index in [4.69, 9.17) is 9.15 Å². The number of hydrogen-bond donors (Lipinski definition) is 7. The smallest absolute Gasteiger partial charge is 0.197 e. The van der Waals surface area contributed by atoms with E-state index in [9.17, 15) is 40.5 Å². The van der Waals surface area contributed by atoms with Crippen LogP contribution in [-0.4, -0.2) is 66.8 Å². The fraction of sp³-hybridized carbons (Fsp3) is 0.286. The molecule has 31 heavy (non-hydrogen) atoms. The van der Waals surface area contributed by atoms with Gasteiger partial charge < -0.3 is 44.9 Å². The van der Waals surface area contributed by atoms with E-state index in [1.807, 2.05) is 0 Å². The van der Waals surface area contributed by atoms with Gasteiger partial charge in [-0.05, 0) is 24.3 Å². The first-order valence-electron chi connectivity index (χ1n) is 9.35. The topological polar surface area (TPSA) is 181 Å². The van der Waals surface area contributed by atoms with Crippen LogP contribution in [0.5, 0.6) is 17.2 Å². The van der Waals surface area contributed by atoms with Gasteiger partial charge in [0.15, 0.2) is 11.0 Å². The van der Waals surface area contributed by atoms with E-state index in [1.165, 1.54) is 24.3 Å². The molecule has 4 rings (SSSR count). The third kappa shape index (κ3) is 3.50. The van der Waals surface area contributed by atoms with Crippen LogP contribution in [0.15, 0.2) is 45.6 Å². The van der Waals surface area contributed by atoms with Crippen molar-refractivity contribution in [3.8, 4) is 28.6 Å². The molecule has 0 aliphatic carbocycles. The van der Waals surface area contributed by atoms with Crippen molar-refractivity contribution in [2.24, 2.45) is 0 Å². The molecule has 0 bridgehead atoms. The summed E-state index contributed by atoms with van der Waals surface area (Å²) >= 11 is 0. The van der Waals surface area contributed by atoms with Crippen molar-refractivity contribution in [1.29, 1.82) is 0 Å². The second kappa shape index (κ2) is 7.84. The summed E-state index contributed by atoms with van der Waals surface area (Å²) in [7, 11) is 0. The van der Waals surface area contributed by atoms with Gasteiger partial charge in [0, 0.05) is 17.7 Å². The molecule has 7 N–H and O–H groups in total. The van der Waals surface area contributed by atoms with Gasteiger partial charge in [-0.25, -0.2) is 0 Å². The molecule has 1 aliphatic rings. The standard InChI is InChI=1S/C21H20O10/c22-7-14-17(27)18(28)19(29)21(31-14)16-11(25)5-10(24)15-12(26)6-13(30-20(15)16)8-1-3-9(23)4-2-8/h1-6,14,17-19,21-25,27-29H,7H2/t14-,17+,18-,19+,21-/m0/s1. The Morgan fingerprint density at radius 3 is 2.19 bits per heavy atom. The molecule has 0 spiro atoms. The average Bonchev–Trinajstić information content (AvgIpc) is 2.73. The Labute approximate surface area is 174 Å². The number of phenols is 3. The Bertz CT molecular complexity index is 1170. The monoisotopic (exact) mass is 432 g/mol. The van der Waals surface area contributed by atoms with E-state index in [1.54, 1.807) is 0 Å². The van der Waals surface area contributed by atoms with Crippen molar-refractivity contribution in [3.05, 3.63) is 52.2 Å². The summed E-state index contributed by atoms with van der Waals surface area (Å²) in [6.45, 7) is -0.694. The fourth-order valence-corrected chi connectivity index (χ4v) is 3.70. The zero-order valence-electron chi connectivity index (χ0n) is 15.9. The van der Waals surface area contributed by atoms with Gasteiger partial charge in [0.05, 0.1) is 12.2 Å². The lowest BCUT2D eigenvalue weighted by molar-refractivity contribution is -0.231. The molecule has 10 nitrogen and oxygen atoms in total. The van der Waals surface area contributed by atoms with Crippen molar-refractivity contribution >= 4 is 11.0 Å². The van der Waals surface area contributed by atoms with Gasteiger partial charge in [0.25, 0.3) is 0 Å². The summed E-state index contributed by atoms with van der Waals surface area (Å²) in [5.41, 5.74) is -0.813. The van der Waals surface area contributed by atoms with E-state index in [2.05, 4.69) is 0 Å². The Balaban J connectivity index is 1.96. The van der Waals surface area contributed by atoms with Crippen LogP contribution in [0, 0.1) is 0 Å². The molecule has 10 heteroatoms. The summed E-state index contributed by atoms with van der Waals surface area (Å²) in [4.78, 5) is 12.7. The number of phenolic OH excluding ortho intramolecular Hbond substituents is 3. The summed E-state index contributed by atoms with van der Waals surface area (Å²) in [6.07, 6.45) is -7.87. The fourth-order valence-electron chi connectivity index (χ4n) is 3.70. The first-order chi connectivity index (χ1) is 14.7. The summed E-state index contributed by atoms with van der Waals surface area (Å²) < 4.78 is 11.3. The molecule has 1 aliphatic heterocycles. The van der Waals surface area contributed by atoms with Crippen molar-refractivity contribution < 1.29 is 44.9 Å². The highest BCUT2D eigenvalue weighted by atomic mass is 16.5. The quantitative estimate of drug-likeness (QED) is 0.300. The van der Waals surface area contributed by atoms with Gasteiger partial charge in [0.1, 0.15) is 58.9 Å². The number of aromatic hydroxyl groups is 3. The van der Waals surface area contributed by atoms with Gasteiger partial charge in [-0.2, -0.15) is 0 Å². The zero-order valence-corrected chi connectivity index (χ0v) is 15.9. The van der Waals surface area contributed by atoms with Crippen molar-refractivity contribution in [2.75, 3.05) is 6.61 Å². The minimum absolute atomic E-state index is 0.0100. The Morgan fingerprint density at radius 2 is 1.55 bits per heavy atom. The van der Waals surface area contributed by atoms with Gasteiger partial charge >= 0.3 is 0 Å². The molecule has 3 aromatic rings. The number of aliphatic hydroxyl groups is 4. The predicted octanol–water partition coefficient (Wildman–Crippen LogP) is 0.0917. The third-order valence-electron chi connectivity index (χ3n) is 5.33.